The molecule has 0 radical (unpaired) electrons. The van der Waals surface area contributed by atoms with E-state index in [9.17, 15) is 4.79 Å². The Hall–Kier alpha value is -1.55. The number of benzene rings is 1. The molecule has 80 valence electrons. The van der Waals surface area contributed by atoms with E-state index in [0.29, 0.717) is 13.1 Å². The quantitative estimate of drug-likeness (QED) is 0.678. The first-order valence-corrected chi connectivity index (χ1v) is 5.08. The van der Waals surface area contributed by atoms with Gasteiger partial charge in [0.05, 0.1) is 6.54 Å². The number of hydrogen-bond acceptors (Lipinski definition) is 3. The minimum atomic E-state index is 0.156. The Labute approximate surface area is 89.1 Å². The van der Waals surface area contributed by atoms with Crippen molar-refractivity contribution in [1.82, 2.24) is 10.2 Å². The number of carbonyl (C=O) groups is 1. The Morgan fingerprint density at radius 2 is 2.33 bits per heavy atom. The predicted octanol–water partition coefficient (Wildman–Crippen LogP) is 0.201. The highest BCUT2D eigenvalue weighted by molar-refractivity contribution is 5.79. The fraction of sp³-hybridized carbons (Fsp3) is 0.364. The van der Waals surface area contributed by atoms with Crippen LogP contribution in [0.15, 0.2) is 24.3 Å². The molecule has 4 nitrogen and oxygen atoms in total. The standard InChI is InChI=1S/C11H15N3O/c12-10-3-1-2-9(6-10)8-14-5-4-13-7-11(14)15/h1-3,6,13H,4-5,7-8,12H2. The van der Waals surface area contributed by atoms with E-state index in [4.69, 9.17) is 5.73 Å². The first-order chi connectivity index (χ1) is 7.25. The second-order valence-electron chi connectivity index (χ2n) is 3.74. The molecule has 1 aliphatic heterocycles. The molecule has 1 amide bonds. The van der Waals surface area contributed by atoms with Gasteiger partial charge in [-0.3, -0.25) is 4.79 Å². The monoisotopic (exact) mass is 205 g/mol. The lowest BCUT2D eigenvalue weighted by Crippen LogP contribution is -2.47. The zero-order chi connectivity index (χ0) is 10.7. The SMILES string of the molecule is Nc1cccc(CN2CCNCC2=O)c1. The van der Waals surface area contributed by atoms with Gasteiger partial charge in [0.15, 0.2) is 0 Å². The van der Waals surface area contributed by atoms with Crippen LogP contribution in [0.2, 0.25) is 0 Å². The number of nitrogen functional groups attached to an aromatic ring is 1. The predicted molar refractivity (Wildman–Crippen MR) is 59.1 cm³/mol. The highest BCUT2D eigenvalue weighted by Crippen LogP contribution is 2.10. The van der Waals surface area contributed by atoms with Crippen LogP contribution in [0.25, 0.3) is 0 Å². The number of nitrogens with two attached hydrogens (primary N) is 1. The summed E-state index contributed by atoms with van der Waals surface area (Å²) in [4.78, 5) is 13.4. The average molecular weight is 205 g/mol. The molecule has 0 saturated carbocycles. The van der Waals surface area contributed by atoms with E-state index in [0.717, 1.165) is 24.3 Å². The Bertz CT molecular complexity index is 365. The van der Waals surface area contributed by atoms with E-state index >= 15 is 0 Å². The van der Waals surface area contributed by atoms with Crippen molar-refractivity contribution in [1.29, 1.82) is 0 Å². The molecule has 1 fully saturated rings. The third-order valence-corrected chi connectivity index (χ3v) is 2.51. The van der Waals surface area contributed by atoms with Crippen LogP contribution in [0.5, 0.6) is 0 Å². The number of piperazine rings is 1. The molecule has 0 aliphatic carbocycles. The summed E-state index contributed by atoms with van der Waals surface area (Å²) < 4.78 is 0. The van der Waals surface area contributed by atoms with Gasteiger partial charge in [0.25, 0.3) is 0 Å². The summed E-state index contributed by atoms with van der Waals surface area (Å²) in [5, 5.41) is 3.05. The van der Waals surface area contributed by atoms with Gasteiger partial charge < -0.3 is 16.0 Å². The molecule has 4 heteroatoms. The third kappa shape index (κ3) is 2.47. The Morgan fingerprint density at radius 1 is 1.47 bits per heavy atom. The van der Waals surface area contributed by atoms with Gasteiger partial charge in [-0.2, -0.15) is 0 Å². The molecule has 1 saturated heterocycles. The molecule has 0 bridgehead atoms. The van der Waals surface area contributed by atoms with Gasteiger partial charge in [-0.15, -0.1) is 0 Å². The fourth-order valence-corrected chi connectivity index (χ4v) is 1.72. The average Bonchev–Trinajstić information content (AvgIpc) is 2.22. The van der Waals surface area contributed by atoms with Crippen LogP contribution < -0.4 is 11.1 Å². The van der Waals surface area contributed by atoms with Crippen molar-refractivity contribution in [2.24, 2.45) is 0 Å². The van der Waals surface area contributed by atoms with Crippen LogP contribution in [0.3, 0.4) is 0 Å². The molecule has 0 unspecified atom stereocenters. The maximum Gasteiger partial charge on any atom is 0.236 e. The highest BCUT2D eigenvalue weighted by atomic mass is 16.2. The smallest absolute Gasteiger partial charge is 0.236 e. The van der Waals surface area contributed by atoms with Gasteiger partial charge in [0.1, 0.15) is 0 Å². The fourth-order valence-electron chi connectivity index (χ4n) is 1.72. The van der Waals surface area contributed by atoms with Crippen LogP contribution in [0.4, 0.5) is 5.69 Å². The van der Waals surface area contributed by atoms with E-state index in [1.807, 2.05) is 29.2 Å². The van der Waals surface area contributed by atoms with Gasteiger partial charge in [-0.25, -0.2) is 0 Å². The van der Waals surface area contributed by atoms with E-state index in [1.54, 1.807) is 0 Å². The summed E-state index contributed by atoms with van der Waals surface area (Å²) in [6.45, 7) is 2.75. The first-order valence-electron chi connectivity index (χ1n) is 5.08. The summed E-state index contributed by atoms with van der Waals surface area (Å²) >= 11 is 0. The van der Waals surface area contributed by atoms with Gasteiger partial charge in [-0.05, 0) is 17.7 Å². The van der Waals surface area contributed by atoms with Crippen LogP contribution in [0.1, 0.15) is 5.56 Å². The summed E-state index contributed by atoms with van der Waals surface area (Å²) in [5.41, 5.74) is 7.52. The van der Waals surface area contributed by atoms with Crippen molar-refractivity contribution in [3.8, 4) is 0 Å². The Kier molecular flexibility index (Phi) is 2.87. The summed E-state index contributed by atoms with van der Waals surface area (Å²) in [5.74, 6) is 0.156. The van der Waals surface area contributed by atoms with Crippen LogP contribution in [0, 0.1) is 0 Å². The number of amides is 1. The van der Waals surface area contributed by atoms with Gasteiger partial charge in [0.2, 0.25) is 5.91 Å². The lowest BCUT2D eigenvalue weighted by atomic mass is 10.2. The van der Waals surface area contributed by atoms with E-state index in [1.165, 1.54) is 0 Å². The number of nitrogens with zero attached hydrogens (tertiary/aromatic N) is 1. The molecule has 1 aromatic carbocycles. The Balaban J connectivity index is 2.04. The zero-order valence-electron chi connectivity index (χ0n) is 8.57. The van der Waals surface area contributed by atoms with Crippen molar-refractivity contribution >= 4 is 11.6 Å². The normalized spacial score (nSPS) is 16.8. The van der Waals surface area contributed by atoms with E-state index in [-0.39, 0.29) is 5.91 Å². The molecular weight excluding hydrogens is 190 g/mol. The van der Waals surface area contributed by atoms with Crippen molar-refractivity contribution < 1.29 is 4.79 Å². The number of rotatable bonds is 2. The number of anilines is 1. The van der Waals surface area contributed by atoms with Gasteiger partial charge in [-0.1, -0.05) is 12.1 Å². The molecule has 0 atom stereocenters. The zero-order valence-corrected chi connectivity index (χ0v) is 8.57. The molecule has 1 aliphatic rings. The topological polar surface area (TPSA) is 58.4 Å². The lowest BCUT2D eigenvalue weighted by molar-refractivity contribution is -0.132. The van der Waals surface area contributed by atoms with Gasteiger partial charge in [0, 0.05) is 25.3 Å². The summed E-state index contributed by atoms with van der Waals surface area (Å²) in [6.07, 6.45) is 0. The first kappa shape index (κ1) is 9.98. The molecular formula is C11H15N3O. The van der Waals surface area contributed by atoms with Gasteiger partial charge >= 0.3 is 0 Å². The van der Waals surface area contributed by atoms with Crippen molar-refractivity contribution in [2.45, 2.75) is 6.54 Å². The largest absolute Gasteiger partial charge is 0.399 e. The number of carbonyl (C=O) groups excluding carboxylic acids is 1. The van der Waals surface area contributed by atoms with Crippen LogP contribution in [-0.4, -0.2) is 30.4 Å². The molecule has 0 spiro atoms. The van der Waals surface area contributed by atoms with Crippen molar-refractivity contribution in [3.05, 3.63) is 29.8 Å². The minimum Gasteiger partial charge on any atom is -0.399 e. The van der Waals surface area contributed by atoms with E-state index in [2.05, 4.69) is 5.32 Å². The molecule has 0 aromatic heterocycles. The second-order valence-corrected chi connectivity index (χ2v) is 3.74. The maximum atomic E-state index is 11.5. The third-order valence-electron chi connectivity index (χ3n) is 2.51. The maximum absolute atomic E-state index is 11.5. The summed E-state index contributed by atoms with van der Waals surface area (Å²) in [7, 11) is 0. The Morgan fingerprint density at radius 3 is 3.07 bits per heavy atom. The molecule has 1 heterocycles. The molecule has 1 aromatic rings. The molecule has 3 N–H and O–H groups in total. The van der Waals surface area contributed by atoms with Crippen molar-refractivity contribution in [2.75, 3.05) is 25.4 Å². The minimum absolute atomic E-state index is 0.156. The second kappa shape index (κ2) is 4.31. The molecule has 15 heavy (non-hydrogen) atoms. The van der Waals surface area contributed by atoms with E-state index < -0.39 is 0 Å². The van der Waals surface area contributed by atoms with Crippen LogP contribution >= 0.6 is 0 Å². The lowest BCUT2D eigenvalue weighted by Gasteiger charge is -2.27. The summed E-state index contributed by atoms with van der Waals surface area (Å²) in [6, 6.07) is 7.67. The highest BCUT2D eigenvalue weighted by Gasteiger charge is 2.17. The number of hydrogen-bond donors (Lipinski definition) is 2. The van der Waals surface area contributed by atoms with Crippen LogP contribution in [-0.2, 0) is 11.3 Å². The number of nitrogens with one attached hydrogen (secondary N) is 1. The molecule has 2 rings (SSSR count). The van der Waals surface area contributed by atoms with Crippen molar-refractivity contribution in [3.63, 3.8) is 0 Å².